The number of halogens is 1. The van der Waals surface area contributed by atoms with Crippen LogP contribution in [0.2, 0.25) is 5.02 Å². The molecule has 1 aliphatic heterocycles. The fraction of sp³-hybridized carbons (Fsp3) is 0.0588. The fourth-order valence-electron chi connectivity index (χ4n) is 2.73. The lowest BCUT2D eigenvalue weighted by molar-refractivity contribution is 0.172. The quantitative estimate of drug-likeness (QED) is 0.719. The van der Waals surface area contributed by atoms with Gasteiger partial charge in [0, 0.05) is 11.8 Å². The number of rotatable bonds is 1. The van der Waals surface area contributed by atoms with E-state index in [1.807, 2.05) is 71.4 Å². The highest BCUT2D eigenvalue weighted by molar-refractivity contribution is 8.00. The van der Waals surface area contributed by atoms with Gasteiger partial charge in [0.25, 0.3) is 0 Å². The molecule has 0 saturated heterocycles. The Balaban J connectivity index is 2.00. The molecule has 2 heterocycles. The Morgan fingerprint density at radius 3 is 2.57 bits per heavy atom. The van der Waals surface area contributed by atoms with Crippen molar-refractivity contribution in [1.82, 2.24) is 4.57 Å². The third-order valence-corrected chi connectivity index (χ3v) is 5.52. The van der Waals surface area contributed by atoms with Crippen LogP contribution in [0.1, 0.15) is 11.3 Å². The molecule has 4 heteroatoms. The van der Waals surface area contributed by atoms with Crippen LogP contribution in [0.15, 0.2) is 71.8 Å². The molecular weight excluding hydrogens is 302 g/mol. The summed E-state index contributed by atoms with van der Waals surface area (Å²) < 4.78 is 2.00. The molecule has 3 aromatic rings. The highest BCUT2D eigenvalue weighted by atomic mass is 35.5. The molecule has 1 unspecified atom stereocenters. The molecular formula is C17H12ClNOS. The van der Waals surface area contributed by atoms with Gasteiger partial charge in [-0.1, -0.05) is 59.8 Å². The van der Waals surface area contributed by atoms with Crippen LogP contribution in [0.3, 0.4) is 0 Å². The molecule has 0 saturated carbocycles. The number of hydrogen-bond donors (Lipinski definition) is 1. The number of nitrogens with zero attached hydrogens (tertiary/aromatic N) is 1. The van der Waals surface area contributed by atoms with E-state index >= 15 is 0 Å². The van der Waals surface area contributed by atoms with E-state index in [4.69, 9.17) is 11.6 Å². The molecule has 1 N–H and O–H groups in total. The maximum absolute atomic E-state index is 11.3. The van der Waals surface area contributed by atoms with Crippen molar-refractivity contribution in [1.29, 1.82) is 0 Å². The first-order chi connectivity index (χ1) is 10.2. The van der Waals surface area contributed by atoms with Crippen LogP contribution in [-0.2, 0) is 4.93 Å². The third kappa shape index (κ3) is 1.85. The number of hydrogen-bond acceptors (Lipinski definition) is 2. The van der Waals surface area contributed by atoms with E-state index in [2.05, 4.69) is 0 Å². The van der Waals surface area contributed by atoms with Crippen molar-refractivity contribution >= 4 is 23.4 Å². The second kappa shape index (κ2) is 4.67. The zero-order valence-electron chi connectivity index (χ0n) is 11.0. The van der Waals surface area contributed by atoms with Gasteiger partial charge in [0.1, 0.15) is 0 Å². The van der Waals surface area contributed by atoms with Gasteiger partial charge in [-0.2, -0.15) is 0 Å². The van der Waals surface area contributed by atoms with Crippen molar-refractivity contribution < 1.29 is 5.11 Å². The van der Waals surface area contributed by atoms with E-state index in [9.17, 15) is 5.11 Å². The van der Waals surface area contributed by atoms with Gasteiger partial charge < -0.3 is 9.67 Å². The van der Waals surface area contributed by atoms with E-state index in [1.54, 1.807) is 0 Å². The zero-order chi connectivity index (χ0) is 14.4. The van der Waals surface area contributed by atoms with Crippen LogP contribution in [-0.4, -0.2) is 9.67 Å². The maximum Gasteiger partial charge on any atom is 0.181 e. The maximum atomic E-state index is 11.3. The second-order valence-corrected chi connectivity index (χ2v) is 6.57. The Labute approximate surface area is 132 Å². The second-order valence-electron chi connectivity index (χ2n) is 4.96. The third-order valence-electron chi connectivity index (χ3n) is 3.72. The van der Waals surface area contributed by atoms with E-state index in [-0.39, 0.29) is 0 Å². The van der Waals surface area contributed by atoms with Crippen LogP contribution in [0.25, 0.3) is 5.69 Å². The molecule has 0 bridgehead atoms. The Kier molecular flexibility index (Phi) is 2.89. The summed E-state index contributed by atoms with van der Waals surface area (Å²) in [7, 11) is 0. The van der Waals surface area contributed by atoms with Gasteiger partial charge in [0.2, 0.25) is 0 Å². The molecule has 1 aromatic heterocycles. The summed E-state index contributed by atoms with van der Waals surface area (Å²) in [4.78, 5) is -0.239. The monoisotopic (exact) mass is 313 g/mol. The van der Waals surface area contributed by atoms with Crippen molar-refractivity contribution in [2.24, 2.45) is 0 Å². The van der Waals surface area contributed by atoms with Gasteiger partial charge in [-0.15, -0.1) is 0 Å². The van der Waals surface area contributed by atoms with Crippen molar-refractivity contribution in [3.8, 4) is 5.69 Å². The van der Waals surface area contributed by atoms with Crippen LogP contribution in [0.5, 0.6) is 0 Å². The molecule has 0 fully saturated rings. The normalized spacial score (nSPS) is 19.9. The molecule has 0 aliphatic carbocycles. The Bertz CT molecular complexity index is 815. The average molecular weight is 314 g/mol. The molecule has 104 valence electrons. The molecule has 21 heavy (non-hydrogen) atoms. The number of thioether (sulfide) groups is 1. The van der Waals surface area contributed by atoms with E-state index in [0.717, 1.165) is 21.8 Å². The molecule has 0 spiro atoms. The number of aliphatic hydroxyl groups is 1. The van der Waals surface area contributed by atoms with Gasteiger partial charge in [-0.3, -0.25) is 0 Å². The molecule has 1 aliphatic rings. The van der Waals surface area contributed by atoms with Gasteiger partial charge in [-0.05, 0) is 24.3 Å². The average Bonchev–Trinajstić information content (AvgIpc) is 3.00. The van der Waals surface area contributed by atoms with Crippen molar-refractivity contribution in [3.05, 3.63) is 83.1 Å². The summed E-state index contributed by atoms with van der Waals surface area (Å²) in [6, 6.07) is 19.4. The summed E-state index contributed by atoms with van der Waals surface area (Å²) in [6.45, 7) is 0. The van der Waals surface area contributed by atoms with Crippen LogP contribution in [0, 0.1) is 0 Å². The molecule has 1 atom stereocenters. The minimum absolute atomic E-state index is 0.659. The summed E-state index contributed by atoms with van der Waals surface area (Å²) in [5, 5.41) is 12.0. The van der Waals surface area contributed by atoms with Crippen molar-refractivity contribution in [3.63, 3.8) is 0 Å². The van der Waals surface area contributed by atoms with Crippen LogP contribution < -0.4 is 0 Å². The number of fused-ring (bicyclic) bond motifs is 3. The van der Waals surface area contributed by atoms with Crippen molar-refractivity contribution in [2.45, 2.75) is 9.83 Å². The SMILES string of the molecule is OC1(c2ccccc2)Sc2c(Cl)cccc2-n2cccc21. The molecule has 0 radical (unpaired) electrons. The molecule has 2 aromatic carbocycles. The minimum Gasteiger partial charge on any atom is -0.370 e. The van der Waals surface area contributed by atoms with Gasteiger partial charge in [0.05, 0.1) is 21.3 Å². The van der Waals surface area contributed by atoms with Crippen molar-refractivity contribution in [2.75, 3.05) is 0 Å². The summed E-state index contributed by atoms with van der Waals surface area (Å²) in [5.41, 5.74) is 2.70. The summed E-state index contributed by atoms with van der Waals surface area (Å²) in [6.07, 6.45) is 1.96. The lowest BCUT2D eigenvalue weighted by Gasteiger charge is -2.35. The molecule has 0 amide bonds. The number of benzene rings is 2. The predicted octanol–water partition coefficient (Wildman–Crippen LogP) is 4.43. The first kappa shape index (κ1) is 13.0. The van der Waals surface area contributed by atoms with E-state index in [0.29, 0.717) is 5.02 Å². The Morgan fingerprint density at radius 1 is 0.952 bits per heavy atom. The van der Waals surface area contributed by atoms with E-state index in [1.165, 1.54) is 11.8 Å². The predicted molar refractivity (Wildman–Crippen MR) is 86.1 cm³/mol. The van der Waals surface area contributed by atoms with Gasteiger partial charge in [-0.25, -0.2) is 0 Å². The Hall–Kier alpha value is -1.68. The lowest BCUT2D eigenvalue weighted by Crippen LogP contribution is -2.29. The standard InChI is InChI=1S/C17H12ClNOS/c18-13-8-4-9-14-16(13)21-17(20,12-6-2-1-3-7-12)15-10-5-11-19(14)15/h1-11,20H. The minimum atomic E-state index is -1.14. The summed E-state index contributed by atoms with van der Waals surface area (Å²) in [5.74, 6) is 0. The molecule has 2 nitrogen and oxygen atoms in total. The van der Waals surface area contributed by atoms with Gasteiger partial charge in [0.15, 0.2) is 4.93 Å². The van der Waals surface area contributed by atoms with Crippen LogP contribution in [0.4, 0.5) is 0 Å². The topological polar surface area (TPSA) is 25.2 Å². The van der Waals surface area contributed by atoms with Gasteiger partial charge >= 0.3 is 0 Å². The summed E-state index contributed by atoms with van der Waals surface area (Å²) >= 11 is 7.73. The lowest BCUT2D eigenvalue weighted by atomic mass is 10.1. The first-order valence-corrected chi connectivity index (χ1v) is 7.83. The highest BCUT2D eigenvalue weighted by Crippen LogP contribution is 2.52. The Morgan fingerprint density at radius 2 is 1.76 bits per heavy atom. The van der Waals surface area contributed by atoms with Crippen LogP contribution >= 0.6 is 23.4 Å². The molecule has 4 rings (SSSR count). The highest BCUT2D eigenvalue weighted by Gasteiger charge is 2.40. The smallest absolute Gasteiger partial charge is 0.181 e. The zero-order valence-corrected chi connectivity index (χ0v) is 12.6. The first-order valence-electron chi connectivity index (χ1n) is 6.64. The number of aromatic nitrogens is 1. The fourth-order valence-corrected chi connectivity index (χ4v) is 4.27. The largest absolute Gasteiger partial charge is 0.370 e. The van der Waals surface area contributed by atoms with E-state index < -0.39 is 4.93 Å².